The number of nitrogens with one attached hydrogen (secondary N) is 1. The summed E-state index contributed by atoms with van der Waals surface area (Å²) < 4.78 is 44.3. The summed E-state index contributed by atoms with van der Waals surface area (Å²) >= 11 is -0.307. The van der Waals surface area contributed by atoms with Crippen LogP contribution in [-0.2, 0) is 13.1 Å². The quantitative estimate of drug-likeness (QED) is 0.470. The minimum Gasteiger partial charge on any atom is -0.467 e. The van der Waals surface area contributed by atoms with Crippen molar-refractivity contribution in [1.82, 2.24) is 9.55 Å². The Labute approximate surface area is 190 Å². The molecule has 1 amide bonds. The summed E-state index contributed by atoms with van der Waals surface area (Å²) in [6, 6.07) is 7.95. The standard InChI is InChI=1S/C21H21F3N4O4S/c1-2-3-10-27-17(25)16(18(29)26-20(27)31)28(12-14-5-4-11-32-14)19(30)13-6-8-15(9-7-13)33-21(22,23)24/h4-9,11H,2-3,10,12,25H2,1H3,(H,26,29,31). The Balaban J connectivity index is 2.05. The first-order valence-electron chi connectivity index (χ1n) is 9.93. The predicted molar refractivity (Wildman–Crippen MR) is 118 cm³/mol. The van der Waals surface area contributed by atoms with Crippen molar-refractivity contribution in [3.63, 3.8) is 0 Å². The molecular formula is C21H21F3N4O4S. The molecule has 0 unspecified atom stereocenters. The van der Waals surface area contributed by atoms with E-state index in [-0.39, 0.29) is 46.8 Å². The monoisotopic (exact) mass is 482 g/mol. The number of nitrogens with two attached hydrogens (primary N) is 1. The van der Waals surface area contributed by atoms with Gasteiger partial charge in [-0.15, -0.1) is 0 Å². The van der Waals surface area contributed by atoms with Crippen molar-refractivity contribution in [2.24, 2.45) is 0 Å². The minimum absolute atomic E-state index is 0.0261. The van der Waals surface area contributed by atoms with Gasteiger partial charge in [0.05, 0.1) is 12.8 Å². The summed E-state index contributed by atoms with van der Waals surface area (Å²) in [6.07, 6.45) is 2.76. The van der Waals surface area contributed by atoms with Gasteiger partial charge in [-0.05, 0) is 54.6 Å². The van der Waals surface area contributed by atoms with Crippen molar-refractivity contribution in [2.45, 2.75) is 43.3 Å². The molecule has 0 saturated heterocycles. The lowest BCUT2D eigenvalue weighted by molar-refractivity contribution is -0.0328. The number of carbonyl (C=O) groups excluding carboxylic acids is 1. The van der Waals surface area contributed by atoms with Crippen LogP contribution in [-0.4, -0.2) is 21.0 Å². The predicted octanol–water partition coefficient (Wildman–Crippen LogP) is 3.97. The van der Waals surface area contributed by atoms with E-state index in [1.165, 1.54) is 23.0 Å². The largest absolute Gasteiger partial charge is 0.467 e. The number of rotatable bonds is 8. The molecule has 1 aromatic carbocycles. The number of aromatic amines is 1. The second kappa shape index (κ2) is 10.0. The number of amides is 1. The van der Waals surface area contributed by atoms with E-state index < -0.39 is 22.7 Å². The summed E-state index contributed by atoms with van der Waals surface area (Å²) in [5.74, 6) is -0.563. The van der Waals surface area contributed by atoms with Gasteiger partial charge in [-0.2, -0.15) is 13.2 Å². The summed E-state index contributed by atoms with van der Waals surface area (Å²) in [7, 11) is 0. The van der Waals surface area contributed by atoms with Crippen molar-refractivity contribution in [1.29, 1.82) is 0 Å². The highest BCUT2D eigenvalue weighted by atomic mass is 32.2. The average Bonchev–Trinajstić information content (AvgIpc) is 3.25. The third-order valence-electron chi connectivity index (χ3n) is 4.69. The Morgan fingerprint density at radius 2 is 1.91 bits per heavy atom. The van der Waals surface area contributed by atoms with Crippen molar-refractivity contribution in [2.75, 3.05) is 10.6 Å². The fourth-order valence-electron chi connectivity index (χ4n) is 3.14. The van der Waals surface area contributed by atoms with Crippen LogP contribution in [0.25, 0.3) is 0 Å². The molecule has 2 aromatic heterocycles. The summed E-state index contributed by atoms with van der Waals surface area (Å²) in [6.45, 7) is 1.96. The Hall–Kier alpha value is -3.41. The average molecular weight is 482 g/mol. The third kappa shape index (κ3) is 5.89. The molecule has 12 heteroatoms. The molecule has 0 bridgehead atoms. The highest BCUT2D eigenvalue weighted by molar-refractivity contribution is 8.00. The fraction of sp³-hybridized carbons (Fsp3) is 0.286. The molecule has 3 rings (SSSR count). The molecule has 0 aliphatic rings. The first-order chi connectivity index (χ1) is 15.6. The van der Waals surface area contributed by atoms with Crippen LogP contribution < -0.4 is 21.9 Å². The normalized spacial score (nSPS) is 11.5. The minimum atomic E-state index is -4.47. The summed E-state index contributed by atoms with van der Waals surface area (Å²) in [5, 5.41) is 0. The van der Waals surface area contributed by atoms with E-state index in [0.29, 0.717) is 12.2 Å². The van der Waals surface area contributed by atoms with Gasteiger partial charge in [-0.1, -0.05) is 13.3 Å². The highest BCUT2D eigenvalue weighted by Crippen LogP contribution is 2.36. The third-order valence-corrected chi connectivity index (χ3v) is 5.43. The van der Waals surface area contributed by atoms with Crippen molar-refractivity contribution >= 4 is 29.2 Å². The van der Waals surface area contributed by atoms with Crippen LogP contribution in [0.2, 0.25) is 0 Å². The van der Waals surface area contributed by atoms with Crippen LogP contribution in [0, 0.1) is 0 Å². The SMILES string of the molecule is CCCCn1c(N)c(N(Cc2ccco2)C(=O)c2ccc(SC(F)(F)F)cc2)c(=O)[nH]c1=O. The van der Waals surface area contributed by atoms with E-state index in [4.69, 9.17) is 10.2 Å². The number of benzene rings is 1. The maximum atomic E-state index is 13.3. The zero-order chi connectivity index (χ0) is 24.2. The van der Waals surface area contributed by atoms with Crippen LogP contribution in [0.4, 0.5) is 24.7 Å². The van der Waals surface area contributed by atoms with Gasteiger partial charge in [-0.25, -0.2) is 4.79 Å². The molecule has 8 nitrogen and oxygen atoms in total. The fourth-order valence-corrected chi connectivity index (χ4v) is 3.68. The van der Waals surface area contributed by atoms with Crippen LogP contribution in [0.1, 0.15) is 35.9 Å². The molecule has 0 spiro atoms. The molecule has 0 saturated carbocycles. The number of halogens is 3. The number of furan rings is 1. The van der Waals surface area contributed by atoms with E-state index in [2.05, 4.69) is 4.98 Å². The lowest BCUT2D eigenvalue weighted by Gasteiger charge is -2.24. The number of aromatic nitrogens is 2. The highest BCUT2D eigenvalue weighted by Gasteiger charge is 2.30. The summed E-state index contributed by atoms with van der Waals surface area (Å²) in [5.41, 5.74) is -0.102. The Morgan fingerprint density at radius 3 is 2.48 bits per heavy atom. The molecular weight excluding hydrogens is 461 g/mol. The van der Waals surface area contributed by atoms with Crippen LogP contribution >= 0.6 is 11.8 Å². The molecule has 0 atom stereocenters. The van der Waals surface area contributed by atoms with E-state index in [0.717, 1.165) is 23.5 Å². The van der Waals surface area contributed by atoms with E-state index in [9.17, 15) is 27.6 Å². The molecule has 0 aliphatic heterocycles. The second-order valence-corrected chi connectivity index (χ2v) is 8.18. The maximum absolute atomic E-state index is 13.3. The number of unbranched alkanes of at least 4 members (excludes halogenated alkanes) is 1. The number of hydrogen-bond acceptors (Lipinski definition) is 6. The molecule has 0 fully saturated rings. The zero-order valence-corrected chi connectivity index (χ0v) is 18.3. The number of nitrogen functional groups attached to an aromatic ring is 1. The van der Waals surface area contributed by atoms with Gasteiger partial charge >= 0.3 is 11.2 Å². The molecule has 176 valence electrons. The maximum Gasteiger partial charge on any atom is 0.446 e. The van der Waals surface area contributed by atoms with Gasteiger partial charge < -0.3 is 10.2 Å². The number of H-pyrrole nitrogens is 1. The lowest BCUT2D eigenvalue weighted by Crippen LogP contribution is -2.41. The molecule has 3 aromatic rings. The Morgan fingerprint density at radius 1 is 1.21 bits per heavy atom. The van der Waals surface area contributed by atoms with E-state index in [1.54, 1.807) is 12.1 Å². The topological polar surface area (TPSA) is 114 Å². The number of anilines is 2. The Bertz CT molecular complexity index is 1220. The van der Waals surface area contributed by atoms with E-state index >= 15 is 0 Å². The number of alkyl halides is 3. The number of nitrogens with zero attached hydrogens (tertiary/aromatic N) is 2. The van der Waals surface area contributed by atoms with Gasteiger partial charge in [0.2, 0.25) is 0 Å². The van der Waals surface area contributed by atoms with Crippen molar-refractivity contribution in [3.8, 4) is 0 Å². The van der Waals surface area contributed by atoms with Crippen LogP contribution in [0.5, 0.6) is 0 Å². The molecule has 0 aliphatic carbocycles. The van der Waals surface area contributed by atoms with Crippen molar-refractivity contribution < 1.29 is 22.4 Å². The molecule has 2 heterocycles. The van der Waals surface area contributed by atoms with Gasteiger partial charge in [-0.3, -0.25) is 24.0 Å². The molecule has 0 radical (unpaired) electrons. The summed E-state index contributed by atoms with van der Waals surface area (Å²) in [4.78, 5) is 41.4. The van der Waals surface area contributed by atoms with E-state index in [1.807, 2.05) is 6.92 Å². The van der Waals surface area contributed by atoms with Crippen LogP contribution in [0.3, 0.4) is 0 Å². The number of carbonyl (C=O) groups is 1. The number of hydrogen-bond donors (Lipinski definition) is 2. The smallest absolute Gasteiger partial charge is 0.446 e. The van der Waals surface area contributed by atoms with Gasteiger partial charge in [0.1, 0.15) is 11.6 Å². The first-order valence-corrected chi connectivity index (χ1v) is 10.7. The van der Waals surface area contributed by atoms with Gasteiger partial charge in [0, 0.05) is 17.0 Å². The second-order valence-electron chi connectivity index (χ2n) is 7.04. The first kappa shape index (κ1) is 24.2. The zero-order valence-electron chi connectivity index (χ0n) is 17.5. The van der Waals surface area contributed by atoms with Gasteiger partial charge in [0.15, 0.2) is 5.69 Å². The van der Waals surface area contributed by atoms with Crippen molar-refractivity contribution in [3.05, 3.63) is 74.8 Å². The number of thioether (sulfide) groups is 1. The molecule has 3 N–H and O–H groups in total. The Kier molecular flexibility index (Phi) is 7.36. The van der Waals surface area contributed by atoms with Crippen LogP contribution in [0.15, 0.2) is 61.6 Å². The molecule has 33 heavy (non-hydrogen) atoms. The lowest BCUT2D eigenvalue weighted by atomic mass is 10.2. The van der Waals surface area contributed by atoms with Gasteiger partial charge in [0.25, 0.3) is 11.5 Å².